The minimum Gasteiger partial charge on any atom is -0.492 e. The van der Waals surface area contributed by atoms with Crippen LogP contribution in [0.2, 0.25) is 0 Å². The molecule has 2 aromatic carbocycles. The zero-order chi connectivity index (χ0) is 19.3. The van der Waals surface area contributed by atoms with E-state index >= 15 is 0 Å². The molecule has 0 atom stereocenters. The van der Waals surface area contributed by atoms with Gasteiger partial charge in [0.1, 0.15) is 5.70 Å². The molecule has 0 unspecified atom stereocenters. The number of hydrogen-bond acceptors (Lipinski definition) is 5. The number of allylic oxidation sites excluding steroid dienone is 1. The van der Waals surface area contributed by atoms with Gasteiger partial charge in [-0.15, -0.1) is 0 Å². The number of aliphatic hydroxyl groups is 1. The monoisotopic (exact) mass is 397 g/mol. The van der Waals surface area contributed by atoms with E-state index in [0.29, 0.717) is 29.3 Å². The fourth-order valence-electron chi connectivity index (χ4n) is 3.18. The van der Waals surface area contributed by atoms with Crippen molar-refractivity contribution in [3.05, 3.63) is 84.4 Å². The number of nitrogens with zero attached hydrogens (tertiary/aromatic N) is 6. The van der Waals surface area contributed by atoms with E-state index in [4.69, 9.17) is 0 Å². The van der Waals surface area contributed by atoms with Crippen LogP contribution in [0.4, 0.5) is 25.8 Å². The van der Waals surface area contributed by atoms with Crippen molar-refractivity contribution < 1.29 is 19.4 Å². The molecule has 2 aliphatic rings. The first kappa shape index (κ1) is 18.6. The van der Waals surface area contributed by atoms with Crippen molar-refractivity contribution in [1.82, 2.24) is 15.1 Å². The van der Waals surface area contributed by atoms with Crippen molar-refractivity contribution in [2.75, 3.05) is 10.0 Å². The van der Waals surface area contributed by atoms with Gasteiger partial charge in [0, 0.05) is 18.5 Å². The Kier molecular flexibility index (Phi) is 4.49. The summed E-state index contributed by atoms with van der Waals surface area (Å²) in [6.07, 6.45) is 5.07. The largest absolute Gasteiger partial charge is 0.492 e. The Morgan fingerprint density at radius 3 is 2.59 bits per heavy atom. The number of imidazole rings is 1. The van der Waals surface area contributed by atoms with Crippen molar-refractivity contribution in [3.63, 3.8) is 0 Å². The standard InChI is InChI=1S/C19H13F2N6O.H2O/c20-13-6-5-12(9-14(13)21)26-19(28)18-16(10-25-8-7-22-11-25)23-15-3-1-2-4-17(15)27(18)24-26;/h1-9,11,28H,10H2;1H2. The van der Waals surface area contributed by atoms with E-state index < -0.39 is 11.6 Å². The highest BCUT2D eigenvalue weighted by atomic mass is 19.2. The van der Waals surface area contributed by atoms with E-state index in [1.54, 1.807) is 23.7 Å². The molecule has 3 heterocycles. The number of hydrogen-bond donors (Lipinski definition) is 1. The van der Waals surface area contributed by atoms with Gasteiger partial charge in [-0.1, -0.05) is 12.1 Å². The van der Waals surface area contributed by atoms with E-state index in [2.05, 4.69) is 15.5 Å². The van der Waals surface area contributed by atoms with Gasteiger partial charge in [0.25, 0.3) is 0 Å². The Hall–Kier alpha value is -3.76. The van der Waals surface area contributed by atoms with Gasteiger partial charge in [-0.2, -0.15) is 0 Å². The van der Waals surface area contributed by atoms with Crippen LogP contribution in [0.15, 0.2) is 77.8 Å². The third kappa shape index (κ3) is 3.00. The second-order valence-electron chi connectivity index (χ2n) is 6.27. The van der Waals surface area contributed by atoms with Gasteiger partial charge in [0.05, 0.1) is 35.6 Å². The lowest BCUT2D eigenvalue weighted by molar-refractivity contribution is 0.387. The molecule has 3 N–H and O–H groups in total. The summed E-state index contributed by atoms with van der Waals surface area (Å²) < 4.78 is 28.8. The van der Waals surface area contributed by atoms with Crippen LogP contribution in [-0.4, -0.2) is 25.8 Å². The molecule has 0 spiro atoms. The molecule has 8 nitrogen and oxygen atoms in total. The molecule has 1 radical (unpaired) electrons. The lowest BCUT2D eigenvalue weighted by Crippen LogP contribution is -2.37. The van der Waals surface area contributed by atoms with E-state index in [1.165, 1.54) is 6.07 Å². The molecule has 1 aromatic heterocycles. The number of anilines is 2. The van der Waals surface area contributed by atoms with Crippen LogP contribution in [0.3, 0.4) is 0 Å². The SMILES string of the molecule is O.OC1=C2C(Cn3ccnc3)=Nc3ccccc3N2[N]N1c1ccc(F)c(F)c1. The zero-order valence-corrected chi connectivity index (χ0v) is 14.9. The molecule has 0 saturated heterocycles. The molecule has 29 heavy (non-hydrogen) atoms. The zero-order valence-electron chi connectivity index (χ0n) is 14.9. The van der Waals surface area contributed by atoms with Crippen LogP contribution in [0, 0.1) is 11.6 Å². The van der Waals surface area contributed by atoms with Gasteiger partial charge in [-0.25, -0.2) is 28.8 Å². The summed E-state index contributed by atoms with van der Waals surface area (Å²) in [7, 11) is 0. The first-order chi connectivity index (χ1) is 13.6. The third-order valence-corrected chi connectivity index (χ3v) is 4.48. The number of aliphatic hydroxyl groups excluding tert-OH is 1. The summed E-state index contributed by atoms with van der Waals surface area (Å²) in [5.41, 5.74) is 6.88. The van der Waals surface area contributed by atoms with Gasteiger partial charge >= 0.3 is 0 Å². The predicted octanol–water partition coefficient (Wildman–Crippen LogP) is 2.61. The number of rotatable bonds is 3. The molecule has 0 amide bonds. The van der Waals surface area contributed by atoms with Gasteiger partial charge in [0.15, 0.2) is 11.6 Å². The van der Waals surface area contributed by atoms with E-state index in [-0.39, 0.29) is 17.0 Å². The van der Waals surface area contributed by atoms with Gasteiger partial charge in [0.2, 0.25) is 5.88 Å². The summed E-state index contributed by atoms with van der Waals surface area (Å²) >= 11 is 0. The smallest absolute Gasteiger partial charge is 0.237 e. The van der Waals surface area contributed by atoms with Crippen LogP contribution in [-0.2, 0) is 6.54 Å². The average molecular weight is 397 g/mol. The maximum Gasteiger partial charge on any atom is 0.237 e. The quantitative estimate of drug-likeness (QED) is 0.734. The Balaban J connectivity index is 0.00000205. The number of aromatic nitrogens is 2. The van der Waals surface area contributed by atoms with Crippen LogP contribution >= 0.6 is 0 Å². The van der Waals surface area contributed by atoms with E-state index in [9.17, 15) is 13.9 Å². The number of benzene rings is 2. The summed E-state index contributed by atoms with van der Waals surface area (Å²) in [6, 6.07) is 10.7. The van der Waals surface area contributed by atoms with Crippen LogP contribution in [0.25, 0.3) is 0 Å². The lowest BCUT2D eigenvalue weighted by atomic mass is 10.1. The maximum absolute atomic E-state index is 13.7. The molecule has 0 saturated carbocycles. The molecule has 0 fully saturated rings. The molecule has 5 rings (SSSR count). The predicted molar refractivity (Wildman–Crippen MR) is 102 cm³/mol. The third-order valence-electron chi connectivity index (χ3n) is 4.48. The molecule has 0 bridgehead atoms. The highest BCUT2D eigenvalue weighted by molar-refractivity contribution is 6.09. The van der Waals surface area contributed by atoms with Crippen molar-refractivity contribution in [2.24, 2.45) is 4.99 Å². The minimum absolute atomic E-state index is 0. The number of para-hydroxylation sites is 2. The molecular formula is C19H15F2N6O2. The minimum atomic E-state index is -1.02. The van der Waals surface area contributed by atoms with Crippen LogP contribution < -0.4 is 15.6 Å². The fraction of sp³-hybridized carbons (Fsp3) is 0.0526. The lowest BCUT2D eigenvalue weighted by Gasteiger charge is -2.26. The molecular weight excluding hydrogens is 382 g/mol. The Morgan fingerprint density at radius 2 is 1.83 bits per heavy atom. The Morgan fingerprint density at radius 1 is 1.00 bits per heavy atom. The summed E-state index contributed by atoms with van der Waals surface area (Å²) in [5, 5.41) is 13.6. The van der Waals surface area contributed by atoms with E-state index in [1.807, 2.05) is 28.8 Å². The summed E-state index contributed by atoms with van der Waals surface area (Å²) in [4.78, 5) is 8.68. The summed E-state index contributed by atoms with van der Waals surface area (Å²) in [6.45, 7) is 0.353. The molecule has 3 aromatic rings. The van der Waals surface area contributed by atoms with Crippen molar-refractivity contribution in [1.29, 1.82) is 0 Å². The highest BCUT2D eigenvalue weighted by Crippen LogP contribution is 2.40. The fourth-order valence-corrected chi connectivity index (χ4v) is 3.18. The Labute approximate surface area is 163 Å². The second-order valence-corrected chi connectivity index (χ2v) is 6.27. The molecule has 10 heteroatoms. The van der Waals surface area contributed by atoms with Gasteiger partial charge in [-0.3, -0.25) is 0 Å². The molecule has 147 valence electrons. The van der Waals surface area contributed by atoms with Crippen LogP contribution in [0.5, 0.6) is 0 Å². The highest BCUT2D eigenvalue weighted by Gasteiger charge is 2.39. The van der Waals surface area contributed by atoms with Crippen molar-refractivity contribution >= 4 is 22.8 Å². The first-order valence-corrected chi connectivity index (χ1v) is 8.44. The topological polar surface area (TPSA) is 102 Å². The van der Waals surface area contributed by atoms with Crippen molar-refractivity contribution in [2.45, 2.75) is 6.54 Å². The average Bonchev–Trinajstić information content (AvgIpc) is 3.32. The van der Waals surface area contributed by atoms with E-state index in [0.717, 1.165) is 17.1 Å². The Bertz CT molecular complexity index is 1130. The number of aliphatic imine (C=N–C) groups is 1. The van der Waals surface area contributed by atoms with Gasteiger partial charge < -0.3 is 15.1 Å². The van der Waals surface area contributed by atoms with Gasteiger partial charge in [-0.05, 0) is 29.8 Å². The van der Waals surface area contributed by atoms with Crippen molar-refractivity contribution in [3.8, 4) is 0 Å². The molecule has 2 aliphatic heterocycles. The van der Waals surface area contributed by atoms with Crippen LogP contribution in [0.1, 0.15) is 0 Å². The number of halogens is 2. The number of fused-ring (bicyclic) bond motifs is 3. The first-order valence-electron chi connectivity index (χ1n) is 8.44. The molecule has 0 aliphatic carbocycles. The normalized spacial score (nSPS) is 15.0. The maximum atomic E-state index is 13.7. The summed E-state index contributed by atoms with van der Waals surface area (Å²) in [5.74, 6) is -2.22. The second kappa shape index (κ2) is 7.00.